The summed E-state index contributed by atoms with van der Waals surface area (Å²) in [5.41, 5.74) is 1.42. The topological polar surface area (TPSA) is 42.2 Å². The highest BCUT2D eigenvalue weighted by Gasteiger charge is 2.08. The van der Waals surface area contributed by atoms with E-state index >= 15 is 0 Å². The molecule has 88 valence electrons. The molecule has 0 aliphatic carbocycles. The molecule has 3 nitrogen and oxygen atoms in total. The van der Waals surface area contributed by atoms with Gasteiger partial charge in [-0.25, -0.2) is 4.79 Å². The van der Waals surface area contributed by atoms with E-state index in [1.165, 1.54) is 4.90 Å². The highest BCUT2D eigenvalue weighted by Crippen LogP contribution is 2.16. The maximum absolute atomic E-state index is 10.9. The van der Waals surface area contributed by atoms with Crippen molar-refractivity contribution in [1.82, 2.24) is 4.57 Å². The number of hydrogen-bond donors (Lipinski definition) is 1. The third-order valence-electron chi connectivity index (χ3n) is 2.56. The highest BCUT2D eigenvalue weighted by molar-refractivity contribution is 7.98. The second-order valence-corrected chi connectivity index (χ2v) is 4.55. The van der Waals surface area contributed by atoms with Crippen LogP contribution in [0.3, 0.4) is 0 Å². The van der Waals surface area contributed by atoms with E-state index in [-0.39, 0.29) is 0 Å². The largest absolute Gasteiger partial charge is 0.477 e. The van der Waals surface area contributed by atoms with Gasteiger partial charge in [0, 0.05) is 17.6 Å². The molecule has 1 heterocycles. The first-order chi connectivity index (χ1) is 8.20. The summed E-state index contributed by atoms with van der Waals surface area (Å²) < 4.78 is 1.73. The van der Waals surface area contributed by atoms with Crippen LogP contribution in [0.15, 0.2) is 47.5 Å². The van der Waals surface area contributed by atoms with Gasteiger partial charge in [0.25, 0.3) is 0 Å². The van der Waals surface area contributed by atoms with Gasteiger partial charge in [-0.2, -0.15) is 0 Å². The fourth-order valence-electron chi connectivity index (χ4n) is 1.67. The molecule has 0 radical (unpaired) electrons. The molecule has 0 amide bonds. The standard InChI is InChI=1S/C13H13NO2S/c1-17-11-6-4-10(5-7-11)9-14-8-2-3-12(14)13(15)16/h2-8H,9H2,1H3,(H,15,16). The van der Waals surface area contributed by atoms with Gasteiger partial charge in [0.15, 0.2) is 0 Å². The molecule has 2 rings (SSSR count). The van der Waals surface area contributed by atoms with Crippen molar-refractivity contribution < 1.29 is 9.90 Å². The van der Waals surface area contributed by atoms with E-state index < -0.39 is 5.97 Å². The molecule has 17 heavy (non-hydrogen) atoms. The minimum atomic E-state index is -0.893. The third kappa shape index (κ3) is 2.71. The lowest BCUT2D eigenvalue weighted by atomic mass is 10.2. The number of rotatable bonds is 4. The molecule has 4 heteroatoms. The van der Waals surface area contributed by atoms with Crippen molar-refractivity contribution in [3.8, 4) is 0 Å². The molecule has 0 fully saturated rings. The smallest absolute Gasteiger partial charge is 0.352 e. The van der Waals surface area contributed by atoms with Crippen molar-refractivity contribution >= 4 is 17.7 Å². The van der Waals surface area contributed by atoms with E-state index in [0.717, 1.165) is 5.56 Å². The molecule has 0 saturated carbocycles. The van der Waals surface area contributed by atoms with Crippen LogP contribution in [-0.4, -0.2) is 21.9 Å². The van der Waals surface area contributed by atoms with Gasteiger partial charge in [0.05, 0.1) is 0 Å². The number of carboxylic acid groups (broad SMARTS) is 1. The first-order valence-corrected chi connectivity index (χ1v) is 6.44. The van der Waals surface area contributed by atoms with Gasteiger partial charge >= 0.3 is 5.97 Å². The number of hydrogen-bond acceptors (Lipinski definition) is 2. The van der Waals surface area contributed by atoms with Crippen LogP contribution in [0, 0.1) is 0 Å². The van der Waals surface area contributed by atoms with Gasteiger partial charge in [0.1, 0.15) is 5.69 Å². The minimum absolute atomic E-state index is 0.318. The Bertz CT molecular complexity index is 516. The number of aromatic carboxylic acids is 1. The van der Waals surface area contributed by atoms with Gasteiger partial charge < -0.3 is 9.67 Å². The number of thioether (sulfide) groups is 1. The van der Waals surface area contributed by atoms with Gasteiger partial charge in [-0.3, -0.25) is 0 Å². The van der Waals surface area contributed by atoms with Gasteiger partial charge in [0.2, 0.25) is 0 Å². The van der Waals surface area contributed by atoms with E-state index in [0.29, 0.717) is 12.2 Å². The number of nitrogens with zero attached hydrogens (tertiary/aromatic N) is 1. The van der Waals surface area contributed by atoms with Crippen LogP contribution < -0.4 is 0 Å². The van der Waals surface area contributed by atoms with Crippen LogP contribution in [0.4, 0.5) is 0 Å². The van der Waals surface area contributed by atoms with E-state index in [9.17, 15) is 4.79 Å². The summed E-state index contributed by atoms with van der Waals surface area (Å²) in [6.45, 7) is 0.587. The molecular formula is C13H13NO2S. The zero-order valence-electron chi connectivity index (χ0n) is 9.46. The first-order valence-electron chi connectivity index (χ1n) is 5.22. The molecule has 0 aliphatic rings. The Kier molecular flexibility index (Phi) is 3.54. The minimum Gasteiger partial charge on any atom is -0.477 e. The van der Waals surface area contributed by atoms with Gasteiger partial charge in [-0.05, 0) is 36.1 Å². The summed E-state index contributed by atoms with van der Waals surface area (Å²) in [6, 6.07) is 11.5. The monoisotopic (exact) mass is 247 g/mol. The maximum atomic E-state index is 10.9. The van der Waals surface area contributed by atoms with Crippen molar-refractivity contribution in [2.24, 2.45) is 0 Å². The summed E-state index contributed by atoms with van der Waals surface area (Å²) in [4.78, 5) is 12.2. The fourth-order valence-corrected chi connectivity index (χ4v) is 2.08. The molecule has 0 bridgehead atoms. The maximum Gasteiger partial charge on any atom is 0.352 e. The molecule has 0 atom stereocenters. The van der Waals surface area contributed by atoms with Crippen LogP contribution in [0.25, 0.3) is 0 Å². The Morgan fingerprint density at radius 2 is 2.00 bits per heavy atom. The molecule has 0 unspecified atom stereocenters. The fraction of sp³-hybridized carbons (Fsp3) is 0.154. The van der Waals surface area contributed by atoms with Crippen LogP contribution in [0.5, 0.6) is 0 Å². The highest BCUT2D eigenvalue weighted by atomic mass is 32.2. The van der Waals surface area contributed by atoms with Crippen molar-refractivity contribution in [1.29, 1.82) is 0 Å². The average Bonchev–Trinajstić information content (AvgIpc) is 2.78. The quantitative estimate of drug-likeness (QED) is 0.845. The zero-order chi connectivity index (χ0) is 12.3. The van der Waals surface area contributed by atoms with E-state index in [1.807, 2.05) is 30.5 Å². The first kappa shape index (κ1) is 11.8. The molecule has 0 saturated heterocycles. The molecule has 0 spiro atoms. The summed E-state index contributed by atoms with van der Waals surface area (Å²) in [7, 11) is 0. The van der Waals surface area contributed by atoms with Crippen molar-refractivity contribution in [2.75, 3.05) is 6.26 Å². The Labute approximate surface area is 104 Å². The van der Waals surface area contributed by atoms with Crippen LogP contribution >= 0.6 is 11.8 Å². The van der Waals surface area contributed by atoms with Gasteiger partial charge in [-0.1, -0.05) is 12.1 Å². The predicted molar refractivity (Wildman–Crippen MR) is 68.7 cm³/mol. The predicted octanol–water partition coefficient (Wildman–Crippen LogP) is 2.96. The SMILES string of the molecule is CSc1ccc(Cn2cccc2C(=O)O)cc1. The molecule has 2 aromatic rings. The summed E-state index contributed by atoms with van der Waals surface area (Å²) in [6.07, 6.45) is 3.81. The second kappa shape index (κ2) is 5.10. The number of benzene rings is 1. The summed E-state index contributed by atoms with van der Waals surface area (Å²) in [5.74, 6) is -0.893. The zero-order valence-corrected chi connectivity index (χ0v) is 10.3. The number of aromatic nitrogens is 1. The van der Waals surface area contributed by atoms with Crippen LogP contribution in [0.1, 0.15) is 16.1 Å². The molecule has 1 N–H and O–H groups in total. The van der Waals surface area contributed by atoms with E-state index in [2.05, 4.69) is 0 Å². The summed E-state index contributed by atoms with van der Waals surface area (Å²) >= 11 is 1.69. The Balaban J connectivity index is 2.19. The number of carboxylic acids is 1. The lowest BCUT2D eigenvalue weighted by Gasteiger charge is -2.07. The summed E-state index contributed by atoms with van der Waals surface area (Å²) in [5, 5.41) is 8.99. The number of carbonyl (C=O) groups is 1. The second-order valence-electron chi connectivity index (χ2n) is 3.67. The van der Waals surface area contributed by atoms with Gasteiger partial charge in [-0.15, -0.1) is 11.8 Å². The van der Waals surface area contributed by atoms with E-state index in [1.54, 1.807) is 34.7 Å². The Morgan fingerprint density at radius 1 is 1.29 bits per heavy atom. The van der Waals surface area contributed by atoms with Crippen molar-refractivity contribution in [3.05, 3.63) is 53.9 Å². The molecular weight excluding hydrogens is 234 g/mol. The van der Waals surface area contributed by atoms with Crippen LogP contribution in [-0.2, 0) is 6.54 Å². The molecule has 1 aromatic carbocycles. The third-order valence-corrected chi connectivity index (χ3v) is 3.30. The van der Waals surface area contributed by atoms with Crippen molar-refractivity contribution in [2.45, 2.75) is 11.4 Å². The van der Waals surface area contributed by atoms with Crippen molar-refractivity contribution in [3.63, 3.8) is 0 Å². The molecule has 1 aromatic heterocycles. The Hall–Kier alpha value is -1.68. The lowest BCUT2D eigenvalue weighted by molar-refractivity contribution is 0.0685. The lowest BCUT2D eigenvalue weighted by Crippen LogP contribution is -2.08. The normalized spacial score (nSPS) is 10.4. The van der Waals surface area contributed by atoms with Crippen LogP contribution in [0.2, 0.25) is 0 Å². The average molecular weight is 247 g/mol. The molecule has 0 aliphatic heterocycles. The Morgan fingerprint density at radius 3 is 2.59 bits per heavy atom. The van der Waals surface area contributed by atoms with E-state index in [4.69, 9.17) is 5.11 Å².